The number of hydrogen-bond donors (Lipinski definition) is 2. The predicted octanol–water partition coefficient (Wildman–Crippen LogP) is 2.32. The second-order valence-electron chi connectivity index (χ2n) is 4.48. The zero-order valence-corrected chi connectivity index (χ0v) is 11.9. The van der Waals surface area contributed by atoms with Crippen LogP contribution in [0.1, 0.15) is 43.0 Å². The summed E-state index contributed by atoms with van der Waals surface area (Å²) >= 11 is 0. The average Bonchev–Trinajstić information content (AvgIpc) is 2.43. The fourth-order valence-electron chi connectivity index (χ4n) is 1.79. The molecule has 5 nitrogen and oxygen atoms in total. The average molecular weight is 278 g/mol. The molecule has 0 atom stereocenters. The Bertz CT molecular complexity index is 429. The predicted molar refractivity (Wildman–Crippen MR) is 78.6 cm³/mol. The Morgan fingerprint density at radius 3 is 2.45 bits per heavy atom. The summed E-state index contributed by atoms with van der Waals surface area (Å²) in [6, 6.07) is 7.06. The monoisotopic (exact) mass is 278 g/mol. The number of esters is 1. The van der Waals surface area contributed by atoms with Crippen molar-refractivity contribution in [3.63, 3.8) is 0 Å². The standard InChI is InChI=1S/C15H22N2O3/c1-2-20-14(18)6-4-3-5-11-17-13-9-7-12(8-10-13)15(16)19/h7-10,17H,2-6,11H2,1H3,(H2,16,19). The third kappa shape index (κ3) is 6.22. The summed E-state index contributed by atoms with van der Waals surface area (Å²) in [6.45, 7) is 3.09. The molecule has 0 spiro atoms. The summed E-state index contributed by atoms with van der Waals surface area (Å²) in [5, 5.41) is 3.26. The summed E-state index contributed by atoms with van der Waals surface area (Å²) in [7, 11) is 0. The molecule has 1 aromatic carbocycles. The molecule has 1 rings (SSSR count). The first-order valence-electron chi connectivity index (χ1n) is 6.93. The SMILES string of the molecule is CCOC(=O)CCCCCNc1ccc(C(N)=O)cc1. The van der Waals surface area contributed by atoms with Crippen LogP contribution in [-0.4, -0.2) is 25.0 Å². The highest BCUT2D eigenvalue weighted by molar-refractivity contribution is 5.93. The molecule has 5 heteroatoms. The molecule has 0 heterocycles. The smallest absolute Gasteiger partial charge is 0.305 e. The number of anilines is 1. The first-order valence-corrected chi connectivity index (χ1v) is 6.93. The lowest BCUT2D eigenvalue weighted by Crippen LogP contribution is -2.10. The summed E-state index contributed by atoms with van der Waals surface area (Å²) in [4.78, 5) is 22.0. The Balaban J connectivity index is 2.12. The van der Waals surface area contributed by atoms with Crippen LogP contribution >= 0.6 is 0 Å². The van der Waals surface area contributed by atoms with Gasteiger partial charge in [0.1, 0.15) is 0 Å². The van der Waals surface area contributed by atoms with Gasteiger partial charge in [-0.2, -0.15) is 0 Å². The minimum atomic E-state index is -0.421. The number of nitrogens with two attached hydrogens (primary N) is 1. The fourth-order valence-corrected chi connectivity index (χ4v) is 1.79. The van der Waals surface area contributed by atoms with Crippen LogP contribution in [0.3, 0.4) is 0 Å². The van der Waals surface area contributed by atoms with E-state index in [1.54, 1.807) is 12.1 Å². The maximum atomic E-state index is 11.1. The largest absolute Gasteiger partial charge is 0.466 e. The maximum absolute atomic E-state index is 11.1. The first-order chi connectivity index (χ1) is 9.63. The molecule has 0 saturated heterocycles. The van der Waals surface area contributed by atoms with Gasteiger partial charge in [-0.1, -0.05) is 6.42 Å². The van der Waals surface area contributed by atoms with E-state index in [9.17, 15) is 9.59 Å². The van der Waals surface area contributed by atoms with Gasteiger partial charge in [-0.3, -0.25) is 9.59 Å². The van der Waals surface area contributed by atoms with Crippen molar-refractivity contribution in [2.75, 3.05) is 18.5 Å². The van der Waals surface area contributed by atoms with Crippen molar-refractivity contribution in [1.29, 1.82) is 0 Å². The van der Waals surface area contributed by atoms with Crippen LogP contribution in [0, 0.1) is 0 Å². The lowest BCUT2D eigenvalue weighted by molar-refractivity contribution is -0.143. The molecule has 1 amide bonds. The third-order valence-corrected chi connectivity index (χ3v) is 2.86. The van der Waals surface area contributed by atoms with Crippen LogP contribution in [0.5, 0.6) is 0 Å². The Hall–Kier alpha value is -2.04. The van der Waals surface area contributed by atoms with Crippen molar-refractivity contribution in [3.8, 4) is 0 Å². The molecule has 3 N–H and O–H groups in total. The Kier molecular flexibility index (Phi) is 7.17. The van der Waals surface area contributed by atoms with E-state index in [1.807, 2.05) is 19.1 Å². The molecule has 0 saturated carbocycles. The molecule has 0 radical (unpaired) electrons. The van der Waals surface area contributed by atoms with Gasteiger partial charge in [0.2, 0.25) is 5.91 Å². The van der Waals surface area contributed by atoms with Crippen LogP contribution in [0.15, 0.2) is 24.3 Å². The third-order valence-electron chi connectivity index (χ3n) is 2.86. The Morgan fingerprint density at radius 1 is 1.15 bits per heavy atom. The van der Waals surface area contributed by atoms with Gasteiger partial charge in [0.15, 0.2) is 0 Å². The highest BCUT2D eigenvalue weighted by Gasteiger charge is 2.01. The molecule has 0 aromatic heterocycles. The van der Waals surface area contributed by atoms with Crippen molar-refractivity contribution in [1.82, 2.24) is 0 Å². The van der Waals surface area contributed by atoms with Gasteiger partial charge in [0, 0.05) is 24.2 Å². The normalized spacial score (nSPS) is 10.1. The molecule has 0 bridgehead atoms. The molecule has 110 valence electrons. The van der Waals surface area contributed by atoms with Crippen molar-refractivity contribution in [2.45, 2.75) is 32.6 Å². The molecule has 20 heavy (non-hydrogen) atoms. The summed E-state index contributed by atoms with van der Waals surface area (Å²) in [5.74, 6) is -0.544. The van der Waals surface area contributed by atoms with E-state index in [2.05, 4.69) is 5.32 Å². The van der Waals surface area contributed by atoms with E-state index in [1.165, 1.54) is 0 Å². The zero-order valence-electron chi connectivity index (χ0n) is 11.9. The molecule has 0 aliphatic carbocycles. The Labute approximate surface area is 119 Å². The van der Waals surface area contributed by atoms with Gasteiger partial charge in [-0.25, -0.2) is 0 Å². The van der Waals surface area contributed by atoms with E-state index in [-0.39, 0.29) is 5.97 Å². The van der Waals surface area contributed by atoms with Gasteiger partial charge in [-0.05, 0) is 44.0 Å². The molecule has 0 fully saturated rings. The maximum Gasteiger partial charge on any atom is 0.305 e. The topological polar surface area (TPSA) is 81.4 Å². The van der Waals surface area contributed by atoms with E-state index in [4.69, 9.17) is 10.5 Å². The van der Waals surface area contributed by atoms with Crippen molar-refractivity contribution in [2.24, 2.45) is 5.73 Å². The molecule has 0 aliphatic heterocycles. The van der Waals surface area contributed by atoms with Crippen molar-refractivity contribution in [3.05, 3.63) is 29.8 Å². The van der Waals surface area contributed by atoms with E-state index >= 15 is 0 Å². The minimum absolute atomic E-state index is 0.123. The van der Waals surface area contributed by atoms with E-state index < -0.39 is 5.91 Å². The summed E-state index contributed by atoms with van der Waals surface area (Å²) in [5.41, 5.74) is 6.63. The molecule has 1 aromatic rings. The first kappa shape index (κ1) is 16.0. The van der Waals surface area contributed by atoms with Crippen LogP contribution in [0.4, 0.5) is 5.69 Å². The number of ether oxygens (including phenoxy) is 1. The highest BCUT2D eigenvalue weighted by atomic mass is 16.5. The van der Waals surface area contributed by atoms with Crippen molar-refractivity contribution >= 4 is 17.6 Å². The molecule has 0 unspecified atom stereocenters. The number of benzene rings is 1. The van der Waals surface area contributed by atoms with Crippen molar-refractivity contribution < 1.29 is 14.3 Å². The van der Waals surface area contributed by atoms with E-state index in [0.717, 1.165) is 31.5 Å². The Morgan fingerprint density at radius 2 is 1.85 bits per heavy atom. The molecular weight excluding hydrogens is 256 g/mol. The minimum Gasteiger partial charge on any atom is -0.466 e. The van der Waals surface area contributed by atoms with Crippen LogP contribution in [0.2, 0.25) is 0 Å². The number of rotatable bonds is 9. The molecular formula is C15H22N2O3. The van der Waals surface area contributed by atoms with Gasteiger partial charge >= 0.3 is 5.97 Å². The number of carbonyl (C=O) groups excluding carboxylic acids is 2. The second-order valence-corrected chi connectivity index (χ2v) is 4.48. The number of nitrogens with one attached hydrogen (secondary N) is 1. The van der Waals surface area contributed by atoms with Gasteiger partial charge < -0.3 is 15.8 Å². The van der Waals surface area contributed by atoms with Crippen LogP contribution in [-0.2, 0) is 9.53 Å². The lowest BCUT2D eigenvalue weighted by atomic mass is 10.2. The number of amides is 1. The van der Waals surface area contributed by atoms with Gasteiger partial charge in [-0.15, -0.1) is 0 Å². The number of unbranched alkanes of at least 4 members (excludes halogenated alkanes) is 2. The number of hydrogen-bond acceptors (Lipinski definition) is 4. The fraction of sp³-hybridized carbons (Fsp3) is 0.467. The van der Waals surface area contributed by atoms with Gasteiger partial charge in [0.25, 0.3) is 0 Å². The highest BCUT2D eigenvalue weighted by Crippen LogP contribution is 2.10. The quantitative estimate of drug-likeness (QED) is 0.536. The summed E-state index contributed by atoms with van der Waals surface area (Å²) < 4.78 is 4.86. The van der Waals surface area contributed by atoms with Crippen LogP contribution < -0.4 is 11.1 Å². The van der Waals surface area contributed by atoms with Gasteiger partial charge in [0.05, 0.1) is 6.61 Å². The number of primary amides is 1. The lowest BCUT2D eigenvalue weighted by Gasteiger charge is -2.06. The van der Waals surface area contributed by atoms with E-state index in [0.29, 0.717) is 18.6 Å². The summed E-state index contributed by atoms with van der Waals surface area (Å²) in [6.07, 6.45) is 3.30. The number of carbonyl (C=O) groups is 2. The molecule has 0 aliphatic rings. The van der Waals surface area contributed by atoms with Crippen LogP contribution in [0.25, 0.3) is 0 Å². The second kappa shape index (κ2) is 8.96. The zero-order chi connectivity index (χ0) is 14.8.